The molecule has 0 saturated carbocycles. The van der Waals surface area contributed by atoms with Crippen molar-refractivity contribution in [3.63, 3.8) is 0 Å². The van der Waals surface area contributed by atoms with Crippen LogP contribution in [-0.4, -0.2) is 21.2 Å². The number of halogens is 1. The summed E-state index contributed by atoms with van der Waals surface area (Å²) in [6.07, 6.45) is 2.76. The zero-order valence-corrected chi connectivity index (χ0v) is 9.63. The van der Waals surface area contributed by atoms with Crippen LogP contribution in [0.15, 0.2) is 34.8 Å². The number of allylic oxidation sites excluding steroid dienone is 2. The molecule has 0 radical (unpaired) electrons. The molecule has 0 aliphatic carbocycles. The molecular weight excluding hydrogens is 251 g/mol. The Morgan fingerprint density at radius 3 is 2.46 bits per heavy atom. The number of carbonyl (C=O) groups is 1. The second kappa shape index (κ2) is 5.23. The quantitative estimate of drug-likeness (QED) is 0.459. The molecule has 1 nitrogen and oxygen atoms in total. The first kappa shape index (κ1) is 10.5. The molecule has 0 saturated heterocycles. The molecule has 0 amide bonds. The zero-order chi connectivity index (χ0) is 9.68. The van der Waals surface area contributed by atoms with Crippen molar-refractivity contribution in [2.45, 2.75) is 6.92 Å². The van der Waals surface area contributed by atoms with Gasteiger partial charge in [0.2, 0.25) is 0 Å². The van der Waals surface area contributed by atoms with Crippen molar-refractivity contribution in [3.8, 4) is 0 Å². The molecule has 13 heavy (non-hydrogen) atoms. The molecule has 0 unspecified atom stereocenters. The predicted octanol–water partition coefficient (Wildman–Crippen LogP) is 1.77. The second-order valence-electron chi connectivity index (χ2n) is 2.36. The van der Waals surface area contributed by atoms with E-state index in [2.05, 4.69) is 0 Å². The number of hydrogen-bond donors (Lipinski definition) is 0. The van der Waals surface area contributed by atoms with Crippen molar-refractivity contribution < 1.29 is 4.79 Å². The topological polar surface area (TPSA) is 17.1 Å². The van der Waals surface area contributed by atoms with Crippen molar-refractivity contribution in [2.24, 2.45) is 0 Å². The van der Waals surface area contributed by atoms with E-state index in [9.17, 15) is 4.79 Å². The monoisotopic (exact) mass is 260 g/mol. The third-order valence-electron chi connectivity index (χ3n) is 1.45. The van der Waals surface area contributed by atoms with Crippen LogP contribution in [0.4, 0.5) is 0 Å². The Morgan fingerprint density at radius 1 is 1.38 bits per heavy atom. The summed E-state index contributed by atoms with van der Waals surface area (Å²) >= 11 is 5.85. The van der Waals surface area contributed by atoms with E-state index in [0.717, 1.165) is 20.2 Å². The van der Waals surface area contributed by atoms with E-state index < -0.39 is 0 Å². The standard InChI is InChI=1S/C10H9ClOSe/c1-2-9(7-12)13-10-5-3-8(11)4-6-10/h2-7H,1H3/b9-2-. The molecule has 0 heterocycles. The van der Waals surface area contributed by atoms with E-state index in [1.54, 1.807) is 0 Å². The van der Waals surface area contributed by atoms with Crippen molar-refractivity contribution in [1.82, 2.24) is 0 Å². The van der Waals surface area contributed by atoms with Crippen LogP contribution < -0.4 is 4.46 Å². The number of carbonyl (C=O) groups excluding carboxylic acids is 1. The average molecular weight is 260 g/mol. The predicted molar refractivity (Wildman–Crippen MR) is 56.7 cm³/mol. The molecule has 0 aliphatic rings. The Labute approximate surface area is 88.9 Å². The molecule has 0 aliphatic heterocycles. The fraction of sp³-hybridized carbons (Fsp3) is 0.100. The van der Waals surface area contributed by atoms with Gasteiger partial charge in [0, 0.05) is 0 Å². The van der Waals surface area contributed by atoms with Crippen molar-refractivity contribution in [1.29, 1.82) is 0 Å². The molecule has 0 bridgehead atoms. The molecule has 1 aromatic rings. The summed E-state index contributed by atoms with van der Waals surface area (Å²) in [5.41, 5.74) is 0. The van der Waals surface area contributed by atoms with Gasteiger partial charge in [-0.3, -0.25) is 0 Å². The third-order valence-corrected chi connectivity index (χ3v) is 3.96. The van der Waals surface area contributed by atoms with Gasteiger partial charge in [-0.25, -0.2) is 0 Å². The summed E-state index contributed by atoms with van der Waals surface area (Å²) in [7, 11) is 0. The fourth-order valence-electron chi connectivity index (χ4n) is 0.790. The minimum absolute atomic E-state index is 0.112. The van der Waals surface area contributed by atoms with Crippen LogP contribution in [0, 0.1) is 0 Å². The fourth-order valence-corrected chi connectivity index (χ4v) is 2.41. The van der Waals surface area contributed by atoms with Gasteiger partial charge in [0.1, 0.15) is 0 Å². The summed E-state index contributed by atoms with van der Waals surface area (Å²) in [6, 6.07) is 7.60. The van der Waals surface area contributed by atoms with Gasteiger partial charge in [-0.1, -0.05) is 0 Å². The van der Waals surface area contributed by atoms with Gasteiger partial charge in [-0.05, 0) is 0 Å². The van der Waals surface area contributed by atoms with Crippen LogP contribution in [0.2, 0.25) is 5.02 Å². The van der Waals surface area contributed by atoms with Gasteiger partial charge in [-0.2, -0.15) is 0 Å². The van der Waals surface area contributed by atoms with Gasteiger partial charge in [-0.15, -0.1) is 0 Å². The van der Waals surface area contributed by atoms with Crippen LogP contribution in [0.3, 0.4) is 0 Å². The Morgan fingerprint density at radius 2 is 2.00 bits per heavy atom. The van der Waals surface area contributed by atoms with Crippen LogP contribution in [0.25, 0.3) is 0 Å². The molecule has 0 atom stereocenters. The summed E-state index contributed by atoms with van der Waals surface area (Å²) in [5.74, 6) is 0. The zero-order valence-electron chi connectivity index (χ0n) is 7.16. The van der Waals surface area contributed by atoms with Crippen LogP contribution in [-0.2, 0) is 4.79 Å². The molecule has 1 aromatic carbocycles. The van der Waals surface area contributed by atoms with Gasteiger partial charge in [0.25, 0.3) is 0 Å². The molecule has 0 aromatic heterocycles. The van der Waals surface area contributed by atoms with E-state index in [0.29, 0.717) is 0 Å². The molecule has 1 rings (SSSR count). The molecule has 0 N–H and O–H groups in total. The van der Waals surface area contributed by atoms with E-state index in [1.807, 2.05) is 37.3 Å². The van der Waals surface area contributed by atoms with Crippen LogP contribution >= 0.6 is 11.6 Å². The Bertz CT molecular complexity index is 316. The van der Waals surface area contributed by atoms with E-state index in [4.69, 9.17) is 11.6 Å². The molecular formula is C10H9ClOSe. The maximum atomic E-state index is 10.5. The van der Waals surface area contributed by atoms with Gasteiger partial charge in [0.05, 0.1) is 0 Å². The van der Waals surface area contributed by atoms with E-state index in [-0.39, 0.29) is 15.0 Å². The molecule has 68 valence electrons. The van der Waals surface area contributed by atoms with Crippen molar-refractivity contribution in [3.05, 3.63) is 39.8 Å². The Hall–Kier alpha value is -0.561. The van der Waals surface area contributed by atoms with Gasteiger partial charge in [0.15, 0.2) is 0 Å². The summed E-state index contributed by atoms with van der Waals surface area (Å²) in [4.78, 5) is 10.5. The third kappa shape index (κ3) is 3.35. The SMILES string of the molecule is C/C=C(/C=O)[Se]c1ccc(Cl)cc1. The first-order valence-corrected chi connectivity index (χ1v) is 5.90. The number of benzene rings is 1. The summed E-state index contributed by atoms with van der Waals surface area (Å²) < 4.78 is 2.02. The normalized spacial score (nSPS) is 11.4. The van der Waals surface area contributed by atoms with E-state index in [1.165, 1.54) is 0 Å². The van der Waals surface area contributed by atoms with Crippen LogP contribution in [0.5, 0.6) is 0 Å². The Balaban J connectivity index is 2.74. The first-order valence-electron chi connectivity index (χ1n) is 3.81. The summed E-state index contributed by atoms with van der Waals surface area (Å²) in [6.45, 7) is 1.88. The van der Waals surface area contributed by atoms with E-state index >= 15 is 0 Å². The number of aldehydes is 1. The van der Waals surface area contributed by atoms with Crippen molar-refractivity contribution >= 4 is 37.3 Å². The molecule has 3 heteroatoms. The van der Waals surface area contributed by atoms with Crippen molar-refractivity contribution in [2.75, 3.05) is 0 Å². The average Bonchev–Trinajstić information content (AvgIpc) is 2.17. The maximum absolute atomic E-state index is 10.5. The van der Waals surface area contributed by atoms with Crippen LogP contribution in [0.1, 0.15) is 6.92 Å². The van der Waals surface area contributed by atoms with Gasteiger partial charge >= 0.3 is 88.9 Å². The number of hydrogen-bond acceptors (Lipinski definition) is 1. The second-order valence-corrected chi connectivity index (χ2v) is 5.21. The minimum atomic E-state index is 0.112. The molecule has 0 spiro atoms. The Kier molecular flexibility index (Phi) is 4.23. The first-order chi connectivity index (χ1) is 6.26. The molecule has 0 fully saturated rings. The summed E-state index contributed by atoms with van der Waals surface area (Å²) in [5, 5.41) is 0.729. The van der Waals surface area contributed by atoms with Gasteiger partial charge < -0.3 is 0 Å². The number of rotatable bonds is 3.